The van der Waals surface area contributed by atoms with Gasteiger partial charge in [0.1, 0.15) is 0 Å². The van der Waals surface area contributed by atoms with Crippen molar-refractivity contribution in [2.75, 3.05) is 6.61 Å². The summed E-state index contributed by atoms with van der Waals surface area (Å²) in [5.41, 5.74) is 1.02. The Balaban J connectivity index is 2.58. The van der Waals surface area contributed by atoms with E-state index in [0.29, 0.717) is 16.6 Å². The predicted molar refractivity (Wildman–Crippen MR) is 59.8 cm³/mol. The van der Waals surface area contributed by atoms with E-state index >= 15 is 0 Å². The highest BCUT2D eigenvalue weighted by molar-refractivity contribution is 6.34. The fraction of sp³-hybridized carbons (Fsp3) is 0.400. The number of nitrogens with one attached hydrogen (secondary N) is 1. The zero-order valence-electron chi connectivity index (χ0n) is 7.93. The van der Waals surface area contributed by atoms with Crippen LogP contribution in [-0.2, 0) is 6.54 Å². The first-order chi connectivity index (χ1) is 6.61. The van der Waals surface area contributed by atoms with Crippen LogP contribution in [0.5, 0.6) is 0 Å². The Morgan fingerprint density at radius 2 is 1.86 bits per heavy atom. The van der Waals surface area contributed by atoms with Crippen molar-refractivity contribution < 1.29 is 5.11 Å². The minimum atomic E-state index is 0.0766. The third kappa shape index (κ3) is 3.84. The molecule has 2 N–H and O–H groups in total. The van der Waals surface area contributed by atoms with Gasteiger partial charge < -0.3 is 10.4 Å². The van der Waals surface area contributed by atoms with E-state index in [9.17, 15) is 0 Å². The molecule has 0 saturated heterocycles. The van der Waals surface area contributed by atoms with Crippen LogP contribution < -0.4 is 5.32 Å². The molecule has 0 spiro atoms. The normalized spacial score (nSPS) is 12.9. The molecular formula is C10H13Cl2NO. The molecule has 0 aliphatic carbocycles. The summed E-state index contributed by atoms with van der Waals surface area (Å²) < 4.78 is 0. The van der Waals surface area contributed by atoms with Crippen LogP contribution >= 0.6 is 23.2 Å². The van der Waals surface area contributed by atoms with Crippen molar-refractivity contribution in [3.8, 4) is 0 Å². The topological polar surface area (TPSA) is 32.3 Å². The fourth-order valence-electron chi connectivity index (χ4n) is 1.07. The molecule has 0 amide bonds. The van der Waals surface area contributed by atoms with Crippen molar-refractivity contribution in [2.24, 2.45) is 0 Å². The van der Waals surface area contributed by atoms with Gasteiger partial charge in [-0.05, 0) is 30.7 Å². The molecule has 4 heteroatoms. The van der Waals surface area contributed by atoms with Crippen molar-refractivity contribution in [1.29, 1.82) is 0 Å². The summed E-state index contributed by atoms with van der Waals surface area (Å²) in [6.07, 6.45) is 0. The maximum absolute atomic E-state index is 8.81. The molecule has 1 unspecified atom stereocenters. The van der Waals surface area contributed by atoms with E-state index in [-0.39, 0.29) is 12.6 Å². The number of halogens is 2. The van der Waals surface area contributed by atoms with E-state index in [1.165, 1.54) is 0 Å². The molecule has 1 aromatic carbocycles. The zero-order valence-corrected chi connectivity index (χ0v) is 9.44. The molecule has 0 aliphatic rings. The van der Waals surface area contributed by atoms with Crippen molar-refractivity contribution in [3.63, 3.8) is 0 Å². The van der Waals surface area contributed by atoms with Gasteiger partial charge in [-0.3, -0.25) is 0 Å². The Morgan fingerprint density at radius 1 is 1.29 bits per heavy atom. The van der Waals surface area contributed by atoms with Crippen LogP contribution in [0, 0.1) is 0 Å². The molecule has 0 heterocycles. The zero-order chi connectivity index (χ0) is 10.6. The highest BCUT2D eigenvalue weighted by atomic mass is 35.5. The first-order valence-electron chi connectivity index (χ1n) is 4.41. The van der Waals surface area contributed by atoms with Crippen LogP contribution in [0.4, 0.5) is 0 Å². The molecule has 0 aliphatic heterocycles. The largest absolute Gasteiger partial charge is 0.395 e. The van der Waals surface area contributed by atoms with Gasteiger partial charge >= 0.3 is 0 Å². The number of aliphatic hydroxyl groups excluding tert-OH is 1. The second-order valence-electron chi connectivity index (χ2n) is 3.24. The summed E-state index contributed by atoms with van der Waals surface area (Å²) in [7, 11) is 0. The third-order valence-electron chi connectivity index (χ3n) is 1.85. The predicted octanol–water partition coefficient (Wildman–Crippen LogP) is 2.46. The second-order valence-corrected chi connectivity index (χ2v) is 4.12. The lowest BCUT2D eigenvalue weighted by Gasteiger charge is -2.10. The third-order valence-corrected chi connectivity index (χ3v) is 2.29. The Kier molecular flexibility index (Phi) is 4.69. The molecule has 14 heavy (non-hydrogen) atoms. The van der Waals surface area contributed by atoms with Gasteiger partial charge in [0.2, 0.25) is 0 Å². The number of rotatable bonds is 4. The molecule has 0 aromatic heterocycles. The van der Waals surface area contributed by atoms with Crippen LogP contribution in [0.1, 0.15) is 12.5 Å². The van der Waals surface area contributed by atoms with Gasteiger partial charge in [0.15, 0.2) is 0 Å². The quantitative estimate of drug-likeness (QED) is 0.838. The van der Waals surface area contributed by atoms with E-state index in [1.807, 2.05) is 19.1 Å². The molecule has 2 nitrogen and oxygen atoms in total. The molecule has 0 fully saturated rings. The van der Waals surface area contributed by atoms with Crippen molar-refractivity contribution in [3.05, 3.63) is 33.8 Å². The summed E-state index contributed by atoms with van der Waals surface area (Å²) in [5.74, 6) is 0. The molecular weight excluding hydrogens is 221 g/mol. The summed E-state index contributed by atoms with van der Waals surface area (Å²) in [6, 6.07) is 5.48. The van der Waals surface area contributed by atoms with E-state index in [4.69, 9.17) is 28.3 Å². The first kappa shape index (κ1) is 11.8. The van der Waals surface area contributed by atoms with Gasteiger partial charge in [-0.25, -0.2) is 0 Å². The molecule has 0 radical (unpaired) electrons. The highest BCUT2D eigenvalue weighted by Crippen LogP contribution is 2.18. The number of hydrogen-bond acceptors (Lipinski definition) is 2. The van der Waals surface area contributed by atoms with Gasteiger partial charge in [-0.1, -0.05) is 23.2 Å². The van der Waals surface area contributed by atoms with Gasteiger partial charge in [-0.2, -0.15) is 0 Å². The molecule has 0 bridgehead atoms. The Bertz CT molecular complexity index is 284. The Morgan fingerprint density at radius 3 is 2.36 bits per heavy atom. The smallest absolute Gasteiger partial charge is 0.0582 e. The number of hydrogen-bond donors (Lipinski definition) is 2. The van der Waals surface area contributed by atoms with Crippen LogP contribution in [0.15, 0.2) is 18.2 Å². The van der Waals surface area contributed by atoms with Crippen LogP contribution in [0.25, 0.3) is 0 Å². The summed E-state index contributed by atoms with van der Waals surface area (Å²) in [6.45, 7) is 2.68. The van der Waals surface area contributed by atoms with Gasteiger partial charge in [0, 0.05) is 22.6 Å². The monoisotopic (exact) mass is 233 g/mol. The molecule has 1 atom stereocenters. The average molecular weight is 234 g/mol. The van der Waals surface area contributed by atoms with E-state index in [2.05, 4.69) is 5.32 Å². The standard InChI is InChI=1S/C10H13Cl2NO/c1-7(6-14)13-5-8-2-9(11)4-10(12)3-8/h2-4,7,13-14H,5-6H2,1H3. The lowest BCUT2D eigenvalue weighted by molar-refractivity contribution is 0.251. The Hall–Kier alpha value is -0.280. The first-order valence-corrected chi connectivity index (χ1v) is 5.16. The SMILES string of the molecule is CC(CO)NCc1cc(Cl)cc(Cl)c1. The maximum atomic E-state index is 8.81. The minimum Gasteiger partial charge on any atom is -0.395 e. The maximum Gasteiger partial charge on any atom is 0.0582 e. The highest BCUT2D eigenvalue weighted by Gasteiger charge is 2.01. The second kappa shape index (κ2) is 5.56. The summed E-state index contributed by atoms with van der Waals surface area (Å²) in [4.78, 5) is 0. The summed E-state index contributed by atoms with van der Waals surface area (Å²) >= 11 is 11.7. The van der Waals surface area contributed by atoms with Gasteiger partial charge in [0.25, 0.3) is 0 Å². The van der Waals surface area contributed by atoms with Crippen LogP contribution in [-0.4, -0.2) is 17.8 Å². The lowest BCUT2D eigenvalue weighted by Crippen LogP contribution is -2.28. The summed E-state index contributed by atoms with van der Waals surface area (Å²) in [5, 5.41) is 13.2. The van der Waals surface area contributed by atoms with Crippen LogP contribution in [0.2, 0.25) is 10.0 Å². The fourth-order valence-corrected chi connectivity index (χ4v) is 1.64. The van der Waals surface area contributed by atoms with Gasteiger partial charge in [0.05, 0.1) is 6.61 Å². The Labute approximate surface area is 93.8 Å². The van der Waals surface area contributed by atoms with Crippen molar-refractivity contribution in [2.45, 2.75) is 19.5 Å². The minimum absolute atomic E-state index is 0.0766. The molecule has 0 saturated carbocycles. The van der Waals surface area contributed by atoms with E-state index in [1.54, 1.807) is 6.07 Å². The molecule has 1 rings (SSSR count). The van der Waals surface area contributed by atoms with E-state index < -0.39 is 0 Å². The lowest BCUT2D eigenvalue weighted by atomic mass is 10.2. The molecule has 1 aromatic rings. The van der Waals surface area contributed by atoms with E-state index in [0.717, 1.165) is 5.56 Å². The van der Waals surface area contributed by atoms with Crippen LogP contribution in [0.3, 0.4) is 0 Å². The van der Waals surface area contributed by atoms with Gasteiger partial charge in [-0.15, -0.1) is 0 Å². The average Bonchev–Trinajstić information content (AvgIpc) is 2.12. The number of aliphatic hydroxyl groups is 1. The molecule has 78 valence electrons. The number of benzene rings is 1. The van der Waals surface area contributed by atoms with Crippen molar-refractivity contribution >= 4 is 23.2 Å². The van der Waals surface area contributed by atoms with Crippen molar-refractivity contribution in [1.82, 2.24) is 5.32 Å².